The number of hydrogen-bond donors (Lipinski definition) is 1. The molecule has 1 rings (SSSR count). The number of benzene rings is 1. The van der Waals surface area contributed by atoms with E-state index in [1.165, 1.54) is 0 Å². The molecule has 0 fully saturated rings. The molecule has 72 valence electrons. The average molecular weight is 179 g/mol. The first kappa shape index (κ1) is 11.7. The lowest BCUT2D eigenvalue weighted by Gasteiger charge is -1.83. The molecule has 0 aliphatic rings. The summed E-state index contributed by atoms with van der Waals surface area (Å²) in [6.45, 7) is 3.62. The van der Waals surface area contributed by atoms with Gasteiger partial charge in [-0.3, -0.25) is 0 Å². The van der Waals surface area contributed by atoms with Crippen molar-refractivity contribution in [1.29, 1.82) is 0 Å². The van der Waals surface area contributed by atoms with E-state index in [4.69, 9.17) is 5.73 Å². The minimum atomic E-state index is 0.289. The summed E-state index contributed by atoms with van der Waals surface area (Å²) >= 11 is 0. The number of anilines is 1. The van der Waals surface area contributed by atoms with Crippen molar-refractivity contribution in [2.24, 2.45) is 0 Å². The van der Waals surface area contributed by atoms with E-state index in [1.54, 1.807) is 6.92 Å². The van der Waals surface area contributed by atoms with E-state index in [2.05, 4.69) is 0 Å². The Labute approximate surface area is 79.8 Å². The van der Waals surface area contributed by atoms with Crippen LogP contribution in [0.2, 0.25) is 0 Å². The van der Waals surface area contributed by atoms with Gasteiger partial charge in [0.25, 0.3) is 0 Å². The van der Waals surface area contributed by atoms with Gasteiger partial charge in [-0.05, 0) is 25.5 Å². The number of nitrogen functional groups attached to an aromatic ring is 1. The van der Waals surface area contributed by atoms with Gasteiger partial charge in [-0.1, -0.05) is 25.1 Å². The maximum atomic E-state index is 10.0. The smallest absolute Gasteiger partial charge is 0.129 e. The highest BCUT2D eigenvalue weighted by Gasteiger charge is 1.83. The maximum Gasteiger partial charge on any atom is 0.129 e. The van der Waals surface area contributed by atoms with Crippen LogP contribution < -0.4 is 5.73 Å². The summed E-state index contributed by atoms with van der Waals surface area (Å²) in [6.07, 6.45) is 1.72. The molecule has 0 atom stereocenters. The Morgan fingerprint density at radius 3 is 2.00 bits per heavy atom. The molecule has 2 N–H and O–H groups in total. The third-order valence-corrected chi connectivity index (χ3v) is 1.40. The van der Waals surface area contributed by atoms with Crippen LogP contribution in [0.25, 0.3) is 0 Å². The van der Waals surface area contributed by atoms with Crippen LogP contribution in [0.4, 0.5) is 5.69 Å². The minimum Gasteiger partial charge on any atom is -0.399 e. The number of ketones is 1. The quantitative estimate of drug-likeness (QED) is 0.709. The highest BCUT2D eigenvalue weighted by Crippen LogP contribution is 1.95. The second kappa shape index (κ2) is 7.35. The predicted octanol–water partition coefficient (Wildman–Crippen LogP) is 2.64. The van der Waals surface area contributed by atoms with Crippen LogP contribution in [0, 0.1) is 0 Å². The Hall–Kier alpha value is -1.31. The topological polar surface area (TPSA) is 43.1 Å². The van der Waals surface area contributed by atoms with E-state index < -0.39 is 0 Å². The first-order valence-electron chi connectivity index (χ1n) is 4.46. The molecule has 0 bridgehead atoms. The Bertz CT molecular complexity index is 231. The number of rotatable bonds is 2. The molecule has 0 aromatic heterocycles. The van der Waals surface area contributed by atoms with E-state index in [-0.39, 0.29) is 5.78 Å². The van der Waals surface area contributed by atoms with Gasteiger partial charge in [0.15, 0.2) is 0 Å². The zero-order valence-electron chi connectivity index (χ0n) is 8.29. The third-order valence-electron chi connectivity index (χ3n) is 1.40. The van der Waals surface area contributed by atoms with Crippen molar-refractivity contribution in [1.82, 2.24) is 0 Å². The van der Waals surface area contributed by atoms with Crippen molar-refractivity contribution in [3.05, 3.63) is 30.3 Å². The van der Waals surface area contributed by atoms with Crippen LogP contribution in [0.3, 0.4) is 0 Å². The van der Waals surface area contributed by atoms with Gasteiger partial charge in [0, 0.05) is 12.1 Å². The van der Waals surface area contributed by atoms with Gasteiger partial charge in [-0.25, -0.2) is 0 Å². The normalized spacial score (nSPS) is 8.46. The van der Waals surface area contributed by atoms with Crippen LogP contribution in [0.1, 0.15) is 26.7 Å². The first-order chi connectivity index (χ1) is 6.16. The standard InChI is InChI=1S/C6H7N.C5H10O/c7-6-4-2-1-3-5-6;1-3-4-5(2)6/h1-5H,7H2;3-4H2,1-2H3. The molecule has 0 aliphatic carbocycles. The van der Waals surface area contributed by atoms with Crippen molar-refractivity contribution in [2.45, 2.75) is 26.7 Å². The molecule has 0 amide bonds. The number of carbonyl (C=O) groups excluding carboxylic acids is 1. The molecule has 2 nitrogen and oxygen atoms in total. The summed E-state index contributed by atoms with van der Waals surface area (Å²) in [6, 6.07) is 9.49. The molecule has 0 unspecified atom stereocenters. The van der Waals surface area contributed by atoms with Crippen LogP contribution in [0.15, 0.2) is 30.3 Å². The van der Waals surface area contributed by atoms with Gasteiger partial charge < -0.3 is 10.5 Å². The molecule has 0 heterocycles. The number of carbonyl (C=O) groups is 1. The van der Waals surface area contributed by atoms with Crippen molar-refractivity contribution in [3.63, 3.8) is 0 Å². The van der Waals surface area contributed by atoms with Gasteiger partial charge in [0.1, 0.15) is 5.78 Å². The Kier molecular flexibility index (Phi) is 6.60. The summed E-state index contributed by atoms with van der Waals surface area (Å²) in [5.74, 6) is 0.289. The minimum absolute atomic E-state index is 0.289. The van der Waals surface area contributed by atoms with Crippen molar-refractivity contribution in [3.8, 4) is 0 Å². The van der Waals surface area contributed by atoms with E-state index in [0.717, 1.165) is 18.5 Å². The molecule has 1 aromatic carbocycles. The Balaban J connectivity index is 0.000000226. The van der Waals surface area contributed by atoms with E-state index in [1.807, 2.05) is 37.3 Å². The Morgan fingerprint density at radius 1 is 1.31 bits per heavy atom. The lowest BCUT2D eigenvalue weighted by atomic mass is 10.3. The van der Waals surface area contributed by atoms with Crippen molar-refractivity contribution >= 4 is 11.5 Å². The molecule has 13 heavy (non-hydrogen) atoms. The lowest BCUT2D eigenvalue weighted by Crippen LogP contribution is -1.84. The zero-order chi connectivity index (χ0) is 10.1. The maximum absolute atomic E-state index is 10.0. The molecule has 1 aromatic rings. The van der Waals surface area contributed by atoms with E-state index in [9.17, 15) is 4.79 Å². The second-order valence-corrected chi connectivity index (χ2v) is 2.86. The molecule has 0 saturated carbocycles. The van der Waals surface area contributed by atoms with Gasteiger partial charge in [0.05, 0.1) is 0 Å². The summed E-state index contributed by atoms with van der Waals surface area (Å²) < 4.78 is 0. The Morgan fingerprint density at radius 2 is 1.85 bits per heavy atom. The molecule has 0 radical (unpaired) electrons. The van der Waals surface area contributed by atoms with Crippen LogP contribution >= 0.6 is 0 Å². The SMILES string of the molecule is CCCC(C)=O.Nc1ccccc1. The number of para-hydroxylation sites is 1. The molecular weight excluding hydrogens is 162 g/mol. The number of nitrogens with two attached hydrogens (primary N) is 1. The summed E-state index contributed by atoms with van der Waals surface area (Å²) in [5, 5.41) is 0. The fourth-order valence-electron chi connectivity index (χ4n) is 0.805. The molecular formula is C11H17NO. The van der Waals surface area contributed by atoms with Crippen LogP contribution in [-0.4, -0.2) is 5.78 Å². The second-order valence-electron chi connectivity index (χ2n) is 2.86. The van der Waals surface area contributed by atoms with Gasteiger partial charge in [-0.15, -0.1) is 0 Å². The largest absolute Gasteiger partial charge is 0.399 e. The fourth-order valence-corrected chi connectivity index (χ4v) is 0.805. The molecule has 0 aliphatic heterocycles. The molecule has 0 spiro atoms. The van der Waals surface area contributed by atoms with Crippen LogP contribution in [-0.2, 0) is 4.79 Å². The first-order valence-corrected chi connectivity index (χ1v) is 4.46. The third kappa shape index (κ3) is 8.60. The van der Waals surface area contributed by atoms with Crippen LogP contribution in [0.5, 0.6) is 0 Å². The molecule has 0 saturated heterocycles. The monoisotopic (exact) mass is 179 g/mol. The van der Waals surface area contributed by atoms with E-state index in [0.29, 0.717) is 0 Å². The number of hydrogen-bond acceptors (Lipinski definition) is 2. The summed E-state index contributed by atoms with van der Waals surface area (Å²) in [7, 11) is 0. The summed E-state index contributed by atoms with van der Waals surface area (Å²) in [5.41, 5.74) is 6.18. The summed E-state index contributed by atoms with van der Waals surface area (Å²) in [4.78, 5) is 10.0. The van der Waals surface area contributed by atoms with Crippen molar-refractivity contribution in [2.75, 3.05) is 5.73 Å². The van der Waals surface area contributed by atoms with Gasteiger partial charge in [0.2, 0.25) is 0 Å². The van der Waals surface area contributed by atoms with Gasteiger partial charge in [-0.2, -0.15) is 0 Å². The molecule has 2 heteroatoms. The number of Topliss-reactive ketones (excluding diaryl/α,β-unsaturated/α-hetero) is 1. The highest BCUT2D eigenvalue weighted by atomic mass is 16.1. The van der Waals surface area contributed by atoms with Gasteiger partial charge >= 0.3 is 0 Å². The highest BCUT2D eigenvalue weighted by molar-refractivity contribution is 5.75. The van der Waals surface area contributed by atoms with E-state index >= 15 is 0 Å². The average Bonchev–Trinajstić information content (AvgIpc) is 2.06. The van der Waals surface area contributed by atoms with Crippen molar-refractivity contribution < 1.29 is 4.79 Å². The lowest BCUT2D eigenvalue weighted by molar-refractivity contribution is -0.117. The fraction of sp³-hybridized carbons (Fsp3) is 0.364. The predicted molar refractivity (Wildman–Crippen MR) is 56.4 cm³/mol. The zero-order valence-corrected chi connectivity index (χ0v) is 8.29.